The number of benzene rings is 4. The summed E-state index contributed by atoms with van der Waals surface area (Å²) in [7, 11) is -4.62. The van der Waals surface area contributed by atoms with Crippen LogP contribution in [0, 0.1) is 10.7 Å². The van der Waals surface area contributed by atoms with Gasteiger partial charge in [-0.2, -0.15) is 8.42 Å². The van der Waals surface area contributed by atoms with Crippen LogP contribution in [0.25, 0.3) is 22.3 Å². The van der Waals surface area contributed by atoms with Crippen molar-refractivity contribution in [3.8, 4) is 28.0 Å². The van der Waals surface area contributed by atoms with Crippen molar-refractivity contribution < 1.29 is 22.5 Å². The molecule has 0 amide bonds. The lowest BCUT2D eigenvalue weighted by Crippen LogP contribution is -2.12. The van der Waals surface area contributed by atoms with Crippen LogP contribution in [0.2, 0.25) is 0 Å². The molecule has 0 fully saturated rings. The summed E-state index contributed by atoms with van der Waals surface area (Å²) < 4.78 is 43.6. The maximum Gasteiger partial charge on any atom is 0.344 e. The van der Waals surface area contributed by atoms with Crippen LogP contribution in [0.4, 0.5) is 0 Å². The van der Waals surface area contributed by atoms with Crippen LogP contribution < -0.4 is 4.74 Å². The number of esters is 1. The van der Waals surface area contributed by atoms with Crippen molar-refractivity contribution in [3.05, 3.63) is 101 Å². The summed E-state index contributed by atoms with van der Waals surface area (Å²) >= 11 is 6.41. The van der Waals surface area contributed by atoms with E-state index in [1.54, 1.807) is 66.7 Å². The summed E-state index contributed by atoms with van der Waals surface area (Å²) in [4.78, 5) is 12.9. The third-order valence-electron chi connectivity index (χ3n) is 4.91. The fourth-order valence-electron chi connectivity index (χ4n) is 3.47. The Kier molecular flexibility index (Phi) is 7.96. The first-order chi connectivity index (χ1) is 16.1. The maximum absolute atomic E-state index is 13.1. The van der Waals surface area contributed by atoms with Gasteiger partial charge in [0.15, 0.2) is 0 Å². The molecule has 0 saturated heterocycles. The molecule has 0 unspecified atom stereocenters. The highest BCUT2D eigenvalue weighted by Gasteiger charge is 2.25. The predicted octanol–water partition coefficient (Wildman–Crippen LogP) is 7.30. The van der Waals surface area contributed by atoms with E-state index in [1.165, 1.54) is 12.1 Å². The van der Waals surface area contributed by atoms with Gasteiger partial charge in [-0.1, -0.05) is 60.7 Å². The number of hydrogen-bond acceptors (Lipinski definition) is 4. The molecule has 0 aliphatic heterocycles. The third kappa shape index (κ3) is 5.64. The first-order valence-corrected chi connectivity index (χ1v) is 14.5. The number of rotatable bonds is 5. The van der Waals surface area contributed by atoms with E-state index in [4.69, 9.17) is 4.74 Å². The Morgan fingerprint density at radius 2 is 1.26 bits per heavy atom. The molecule has 0 saturated carbocycles. The van der Waals surface area contributed by atoms with Crippen molar-refractivity contribution in [2.45, 2.75) is 4.90 Å². The quantitative estimate of drug-likeness (QED) is 0.0754. The van der Waals surface area contributed by atoms with Gasteiger partial charge < -0.3 is 4.74 Å². The molecule has 1 N–H and O–H groups in total. The van der Waals surface area contributed by atoms with Crippen molar-refractivity contribution in [2.24, 2.45) is 0 Å². The standard InChI is InChI=1S/C25H15I3O5S/c26-17-11-21(23(28)22(27)12-17)25(29)33-18-13-19(15-7-3-1-4-8-15)24(34(30,31)32)20(14-18)16-9-5-2-6-10-16/h1-14H,(H,30,31,32). The SMILES string of the molecule is O=C(Oc1cc(-c2ccccc2)c(S(=O)(=O)O)c(-c2ccccc2)c1)c1cc(I)cc(I)c1I. The molecule has 0 aliphatic carbocycles. The molecule has 0 aromatic heterocycles. The molecule has 0 atom stereocenters. The lowest BCUT2D eigenvalue weighted by Gasteiger charge is -2.16. The van der Waals surface area contributed by atoms with Crippen LogP contribution in [-0.2, 0) is 10.1 Å². The van der Waals surface area contributed by atoms with Gasteiger partial charge in [0.1, 0.15) is 10.6 Å². The second kappa shape index (κ2) is 10.6. The van der Waals surface area contributed by atoms with Gasteiger partial charge in [0.2, 0.25) is 0 Å². The van der Waals surface area contributed by atoms with Gasteiger partial charge in [0.05, 0.1) is 5.56 Å². The second-order valence-electron chi connectivity index (χ2n) is 7.19. The average molecular weight is 808 g/mol. The van der Waals surface area contributed by atoms with Crippen molar-refractivity contribution in [1.29, 1.82) is 0 Å². The van der Waals surface area contributed by atoms with E-state index in [0.29, 0.717) is 16.7 Å². The molecule has 9 heteroatoms. The zero-order chi connectivity index (χ0) is 24.5. The third-order valence-corrected chi connectivity index (χ3v) is 9.54. The van der Waals surface area contributed by atoms with Gasteiger partial charge in [-0.3, -0.25) is 4.55 Å². The van der Waals surface area contributed by atoms with Gasteiger partial charge in [0.25, 0.3) is 10.1 Å². The monoisotopic (exact) mass is 808 g/mol. The van der Waals surface area contributed by atoms with Crippen molar-refractivity contribution in [1.82, 2.24) is 0 Å². The minimum Gasteiger partial charge on any atom is -0.423 e. The fraction of sp³-hybridized carbons (Fsp3) is 0. The number of ether oxygens (including phenoxy) is 1. The summed E-state index contributed by atoms with van der Waals surface area (Å²) in [5.74, 6) is -0.391. The Hall–Kier alpha value is -1.55. The Morgan fingerprint density at radius 3 is 1.74 bits per heavy atom. The highest BCUT2D eigenvalue weighted by atomic mass is 127. The van der Waals surface area contributed by atoms with Gasteiger partial charge in [-0.25, -0.2) is 4.79 Å². The summed E-state index contributed by atoms with van der Waals surface area (Å²) in [6.07, 6.45) is 0. The van der Waals surface area contributed by atoms with E-state index in [2.05, 4.69) is 67.8 Å². The zero-order valence-corrected chi connectivity index (χ0v) is 24.5. The molecule has 0 aliphatic rings. The lowest BCUT2D eigenvalue weighted by atomic mass is 9.98. The Balaban J connectivity index is 1.94. The molecule has 0 heterocycles. The topological polar surface area (TPSA) is 80.7 Å². The molecule has 0 bridgehead atoms. The second-order valence-corrected chi connectivity index (χ2v) is 12.0. The number of carbonyl (C=O) groups excluding carboxylic acids is 1. The first kappa shape index (κ1) is 25.5. The van der Waals surface area contributed by atoms with Gasteiger partial charge in [-0.15, -0.1) is 0 Å². The van der Waals surface area contributed by atoms with Gasteiger partial charge >= 0.3 is 5.97 Å². The molecule has 4 aromatic rings. The Labute approximate surface area is 238 Å². The van der Waals surface area contributed by atoms with E-state index in [0.717, 1.165) is 10.7 Å². The maximum atomic E-state index is 13.1. The summed E-state index contributed by atoms with van der Waals surface area (Å²) in [5.41, 5.74) is 2.00. The van der Waals surface area contributed by atoms with E-state index in [9.17, 15) is 17.8 Å². The van der Waals surface area contributed by atoms with Crippen LogP contribution in [0.5, 0.6) is 5.75 Å². The molecular formula is C25H15I3O5S. The number of hydrogen-bond donors (Lipinski definition) is 1. The summed E-state index contributed by atoms with van der Waals surface area (Å²) in [6.45, 7) is 0. The lowest BCUT2D eigenvalue weighted by molar-refractivity contribution is 0.0733. The highest BCUT2D eigenvalue weighted by Crippen LogP contribution is 2.39. The summed E-state index contributed by atoms with van der Waals surface area (Å²) in [5, 5.41) is 0. The fourth-order valence-corrected chi connectivity index (χ4v) is 6.76. The van der Waals surface area contributed by atoms with Crippen molar-refractivity contribution in [3.63, 3.8) is 0 Å². The molecule has 0 spiro atoms. The van der Waals surface area contributed by atoms with E-state index in [-0.39, 0.29) is 21.8 Å². The largest absolute Gasteiger partial charge is 0.423 e. The first-order valence-electron chi connectivity index (χ1n) is 9.78. The smallest absolute Gasteiger partial charge is 0.344 e. The highest BCUT2D eigenvalue weighted by molar-refractivity contribution is 14.1. The molecular weight excluding hydrogens is 793 g/mol. The van der Waals surface area contributed by atoms with E-state index in [1.807, 2.05) is 6.07 Å². The predicted molar refractivity (Wildman–Crippen MR) is 157 cm³/mol. The van der Waals surface area contributed by atoms with E-state index >= 15 is 0 Å². The van der Waals surface area contributed by atoms with Crippen LogP contribution in [0.3, 0.4) is 0 Å². The van der Waals surface area contributed by atoms with Gasteiger partial charge in [0, 0.05) is 21.8 Å². The van der Waals surface area contributed by atoms with Crippen molar-refractivity contribution in [2.75, 3.05) is 0 Å². The average Bonchev–Trinajstić information content (AvgIpc) is 2.81. The minimum absolute atomic E-state index is 0.166. The van der Waals surface area contributed by atoms with Crippen molar-refractivity contribution >= 4 is 83.9 Å². The Morgan fingerprint density at radius 1 is 0.765 bits per heavy atom. The van der Waals surface area contributed by atoms with Crippen LogP contribution in [0.15, 0.2) is 89.8 Å². The molecule has 0 radical (unpaired) electrons. The molecule has 5 nitrogen and oxygen atoms in total. The summed E-state index contributed by atoms with van der Waals surface area (Å²) in [6, 6.07) is 24.2. The molecule has 34 heavy (non-hydrogen) atoms. The molecule has 4 rings (SSSR count). The van der Waals surface area contributed by atoms with Gasteiger partial charge in [-0.05, 0) is 103 Å². The number of carbonyl (C=O) groups is 1. The number of halogens is 3. The zero-order valence-electron chi connectivity index (χ0n) is 17.2. The van der Waals surface area contributed by atoms with Crippen LogP contribution in [-0.4, -0.2) is 18.9 Å². The Bertz CT molecular complexity index is 1430. The normalized spacial score (nSPS) is 11.3. The van der Waals surface area contributed by atoms with Crippen LogP contribution >= 0.6 is 67.8 Å². The molecule has 172 valence electrons. The van der Waals surface area contributed by atoms with Crippen LogP contribution in [0.1, 0.15) is 10.4 Å². The minimum atomic E-state index is -4.62. The molecule has 4 aromatic carbocycles. The van der Waals surface area contributed by atoms with E-state index < -0.39 is 16.1 Å².